The van der Waals surface area contributed by atoms with Gasteiger partial charge in [-0.3, -0.25) is 4.79 Å². The van der Waals surface area contributed by atoms with E-state index in [4.69, 9.17) is 11.6 Å². The summed E-state index contributed by atoms with van der Waals surface area (Å²) in [5.74, 6) is -0.376. The number of carbonyl (C=O) groups excluding carboxylic acids is 1. The largest absolute Gasteiger partial charge is 0.355 e. The minimum Gasteiger partial charge on any atom is -0.355 e. The molecule has 2 heterocycles. The average Bonchev–Trinajstić information content (AvgIpc) is 3.28. The molecule has 0 radical (unpaired) electrons. The molecule has 1 aliphatic rings. The second-order valence-corrected chi connectivity index (χ2v) is 11.7. The first-order valence-corrected chi connectivity index (χ1v) is 13.5. The lowest BCUT2D eigenvalue weighted by Gasteiger charge is -2.30. The second-order valence-electron chi connectivity index (χ2n) is 8.09. The molecular weight excluding hydrogens is 478 g/mol. The number of halogens is 1. The van der Waals surface area contributed by atoms with Gasteiger partial charge in [0.2, 0.25) is 15.9 Å². The van der Waals surface area contributed by atoms with Gasteiger partial charge in [0.25, 0.3) is 0 Å². The Hall–Kier alpha value is -2.23. The van der Waals surface area contributed by atoms with Gasteiger partial charge in [0.15, 0.2) is 0 Å². The number of hydrogen-bond donors (Lipinski definition) is 3. The SMILES string of the molecule is O=C(NCC(c1ccccc1)c1ccccc1)C1CNCC(NS(=O)(=O)c2ccc(Cl)s2)C1. The molecule has 1 saturated heterocycles. The molecular formula is C24H26ClN3O3S2. The Morgan fingerprint density at radius 2 is 1.64 bits per heavy atom. The summed E-state index contributed by atoms with van der Waals surface area (Å²) < 4.78 is 28.6. The summed E-state index contributed by atoms with van der Waals surface area (Å²) in [7, 11) is -3.67. The summed E-state index contributed by atoms with van der Waals surface area (Å²) in [5.41, 5.74) is 2.26. The molecule has 1 amide bonds. The molecule has 4 rings (SSSR count). The van der Waals surface area contributed by atoms with Crippen LogP contribution in [-0.2, 0) is 14.8 Å². The summed E-state index contributed by atoms with van der Waals surface area (Å²) in [5, 5.41) is 6.28. The third-order valence-corrected chi connectivity index (χ3v) is 8.98. The molecule has 1 aromatic heterocycles. The maximum absolute atomic E-state index is 13.0. The minimum absolute atomic E-state index is 0.0331. The third kappa shape index (κ3) is 6.22. The molecule has 0 aliphatic carbocycles. The van der Waals surface area contributed by atoms with Gasteiger partial charge < -0.3 is 10.6 Å². The Labute approximate surface area is 203 Å². The average molecular weight is 504 g/mol. The lowest BCUT2D eigenvalue weighted by molar-refractivity contribution is -0.125. The van der Waals surface area contributed by atoms with Crippen LogP contribution in [0.1, 0.15) is 23.5 Å². The Kier molecular flexibility index (Phi) is 7.82. The molecule has 174 valence electrons. The van der Waals surface area contributed by atoms with Gasteiger partial charge in [-0.05, 0) is 29.7 Å². The van der Waals surface area contributed by atoms with Gasteiger partial charge in [0, 0.05) is 31.6 Å². The number of nitrogens with one attached hydrogen (secondary N) is 3. The lowest BCUT2D eigenvalue weighted by Crippen LogP contribution is -2.52. The predicted octanol–water partition coefficient (Wildman–Crippen LogP) is 3.61. The molecule has 0 saturated carbocycles. The number of thiophene rings is 1. The van der Waals surface area contributed by atoms with Crippen LogP contribution in [0.4, 0.5) is 0 Å². The van der Waals surface area contributed by atoms with Crippen molar-refractivity contribution in [2.45, 2.75) is 22.6 Å². The molecule has 1 fully saturated rings. The zero-order valence-corrected chi connectivity index (χ0v) is 20.3. The normalized spacial score (nSPS) is 18.8. The van der Waals surface area contributed by atoms with Crippen molar-refractivity contribution in [3.8, 4) is 0 Å². The number of sulfonamides is 1. The van der Waals surface area contributed by atoms with Crippen LogP contribution in [0.25, 0.3) is 0 Å². The number of carbonyl (C=O) groups is 1. The van der Waals surface area contributed by atoms with Crippen molar-refractivity contribution < 1.29 is 13.2 Å². The van der Waals surface area contributed by atoms with E-state index in [0.29, 0.717) is 30.4 Å². The van der Waals surface area contributed by atoms with Crippen LogP contribution in [0.3, 0.4) is 0 Å². The van der Waals surface area contributed by atoms with E-state index in [1.165, 1.54) is 6.07 Å². The first-order chi connectivity index (χ1) is 15.9. The fraction of sp³-hybridized carbons (Fsp3) is 0.292. The van der Waals surface area contributed by atoms with Gasteiger partial charge in [0.1, 0.15) is 4.21 Å². The van der Waals surface area contributed by atoms with Crippen molar-refractivity contribution in [1.29, 1.82) is 0 Å². The third-order valence-electron chi connectivity index (χ3n) is 5.74. The molecule has 0 bridgehead atoms. The molecule has 3 N–H and O–H groups in total. The van der Waals surface area contributed by atoms with Gasteiger partial charge in [-0.25, -0.2) is 13.1 Å². The molecule has 0 spiro atoms. The van der Waals surface area contributed by atoms with E-state index in [1.54, 1.807) is 6.07 Å². The smallest absolute Gasteiger partial charge is 0.250 e. The molecule has 2 aromatic carbocycles. The van der Waals surface area contributed by atoms with Crippen molar-refractivity contribution in [3.05, 3.63) is 88.3 Å². The van der Waals surface area contributed by atoms with E-state index in [-0.39, 0.29) is 28.0 Å². The number of hydrogen-bond acceptors (Lipinski definition) is 5. The van der Waals surface area contributed by atoms with E-state index >= 15 is 0 Å². The lowest BCUT2D eigenvalue weighted by atomic mass is 9.90. The predicted molar refractivity (Wildman–Crippen MR) is 132 cm³/mol. The highest BCUT2D eigenvalue weighted by atomic mass is 35.5. The van der Waals surface area contributed by atoms with Crippen LogP contribution in [0, 0.1) is 5.92 Å². The standard InChI is InChI=1S/C24H26ClN3O3S2/c25-22-11-12-23(32-22)33(30,31)28-20-13-19(14-26-15-20)24(29)27-16-21(17-7-3-1-4-8-17)18-9-5-2-6-10-18/h1-12,19-21,26,28H,13-16H2,(H,27,29). The van der Waals surface area contributed by atoms with Crippen molar-refractivity contribution in [1.82, 2.24) is 15.4 Å². The topological polar surface area (TPSA) is 87.3 Å². The minimum atomic E-state index is -3.67. The summed E-state index contributed by atoms with van der Waals surface area (Å²) in [4.78, 5) is 13.0. The maximum atomic E-state index is 13.0. The Morgan fingerprint density at radius 3 is 2.21 bits per heavy atom. The van der Waals surface area contributed by atoms with E-state index in [0.717, 1.165) is 22.5 Å². The number of rotatable bonds is 8. The molecule has 3 aromatic rings. The van der Waals surface area contributed by atoms with Crippen molar-refractivity contribution in [2.24, 2.45) is 5.92 Å². The Bertz CT molecular complexity index is 1130. The monoisotopic (exact) mass is 503 g/mol. The zero-order valence-electron chi connectivity index (χ0n) is 17.9. The Morgan fingerprint density at radius 1 is 1.00 bits per heavy atom. The summed E-state index contributed by atoms with van der Waals surface area (Å²) in [6, 6.07) is 22.9. The van der Waals surface area contributed by atoms with E-state index in [1.807, 2.05) is 36.4 Å². The molecule has 2 unspecified atom stereocenters. The summed E-state index contributed by atoms with van der Waals surface area (Å²) in [6.07, 6.45) is 0.429. The molecule has 33 heavy (non-hydrogen) atoms. The van der Waals surface area contributed by atoms with Gasteiger partial charge in [-0.2, -0.15) is 0 Å². The van der Waals surface area contributed by atoms with Gasteiger partial charge >= 0.3 is 0 Å². The van der Waals surface area contributed by atoms with Crippen molar-refractivity contribution in [2.75, 3.05) is 19.6 Å². The number of benzene rings is 2. The van der Waals surface area contributed by atoms with Crippen LogP contribution in [-0.4, -0.2) is 40.0 Å². The van der Waals surface area contributed by atoms with Crippen LogP contribution in [0.5, 0.6) is 0 Å². The molecule has 6 nitrogen and oxygen atoms in total. The zero-order chi connectivity index (χ0) is 23.3. The van der Waals surface area contributed by atoms with E-state index in [2.05, 4.69) is 39.6 Å². The summed E-state index contributed by atoms with van der Waals surface area (Å²) >= 11 is 6.90. The highest BCUT2D eigenvalue weighted by molar-refractivity contribution is 7.91. The van der Waals surface area contributed by atoms with Crippen LogP contribution < -0.4 is 15.4 Å². The van der Waals surface area contributed by atoms with Gasteiger partial charge in [-0.15, -0.1) is 11.3 Å². The van der Waals surface area contributed by atoms with Gasteiger partial charge in [-0.1, -0.05) is 72.3 Å². The number of amides is 1. The molecule has 9 heteroatoms. The quantitative estimate of drug-likeness (QED) is 0.438. The fourth-order valence-corrected chi connectivity index (χ4v) is 6.85. The van der Waals surface area contributed by atoms with Crippen LogP contribution in [0.15, 0.2) is 77.0 Å². The Balaban J connectivity index is 1.39. The fourth-order valence-electron chi connectivity index (χ4n) is 4.10. The van der Waals surface area contributed by atoms with E-state index in [9.17, 15) is 13.2 Å². The van der Waals surface area contributed by atoms with Crippen molar-refractivity contribution in [3.63, 3.8) is 0 Å². The van der Waals surface area contributed by atoms with E-state index < -0.39 is 10.0 Å². The summed E-state index contributed by atoms with van der Waals surface area (Å²) in [6.45, 7) is 1.45. The van der Waals surface area contributed by atoms with Crippen LogP contribution >= 0.6 is 22.9 Å². The highest BCUT2D eigenvalue weighted by Crippen LogP contribution is 2.27. The van der Waals surface area contributed by atoms with Gasteiger partial charge in [0.05, 0.1) is 10.3 Å². The number of piperidine rings is 1. The molecule has 2 atom stereocenters. The second kappa shape index (κ2) is 10.8. The maximum Gasteiger partial charge on any atom is 0.250 e. The van der Waals surface area contributed by atoms with Crippen molar-refractivity contribution >= 4 is 38.9 Å². The highest BCUT2D eigenvalue weighted by Gasteiger charge is 2.31. The first-order valence-electron chi connectivity index (χ1n) is 10.8. The molecule has 1 aliphatic heterocycles. The first kappa shape index (κ1) is 23.9. The van der Waals surface area contributed by atoms with Crippen LogP contribution in [0.2, 0.25) is 4.34 Å².